The van der Waals surface area contributed by atoms with Gasteiger partial charge in [-0.25, -0.2) is 9.36 Å². The summed E-state index contributed by atoms with van der Waals surface area (Å²) in [6, 6.07) is 0. The fraction of sp³-hybridized carbons (Fsp3) is 0.600. The number of fused-ring (bicyclic) bond motifs is 3. The Morgan fingerprint density at radius 3 is 2.44 bits per heavy atom. The largest absolute Gasteiger partial charge is 0.394 e. The van der Waals surface area contributed by atoms with Crippen molar-refractivity contribution in [2.45, 2.75) is 25.9 Å². The second-order valence-corrected chi connectivity index (χ2v) is 4.16. The molecule has 0 unspecified atom stereocenters. The second kappa shape index (κ2) is 4.46. The van der Waals surface area contributed by atoms with Gasteiger partial charge >= 0.3 is 0 Å². The van der Waals surface area contributed by atoms with E-state index in [0.29, 0.717) is 13.1 Å². The number of aliphatic hydroxyl groups excluding tert-OH is 2. The maximum atomic E-state index is 9.01. The lowest BCUT2D eigenvalue weighted by atomic mass is 10.0. The quantitative estimate of drug-likeness (QED) is 0.693. The Balaban J connectivity index is 2.07. The highest BCUT2D eigenvalue weighted by atomic mass is 16.3. The minimum atomic E-state index is 0.00983. The molecule has 0 amide bonds. The highest BCUT2D eigenvalue weighted by Gasteiger charge is 2.27. The third kappa shape index (κ3) is 1.61. The maximum Gasteiger partial charge on any atom is 0.136 e. The van der Waals surface area contributed by atoms with Crippen molar-refractivity contribution < 1.29 is 10.2 Å². The third-order valence-corrected chi connectivity index (χ3v) is 3.09. The highest BCUT2D eigenvalue weighted by Crippen LogP contribution is 2.30. The van der Waals surface area contributed by atoms with Crippen molar-refractivity contribution in [3.63, 3.8) is 0 Å². The number of aliphatic hydroxyl groups is 2. The zero-order chi connectivity index (χ0) is 12.5. The number of aryl methyl sites for hydroxylation is 1. The van der Waals surface area contributed by atoms with E-state index in [1.54, 1.807) is 9.36 Å². The Kier molecular flexibility index (Phi) is 2.80. The second-order valence-electron chi connectivity index (χ2n) is 4.16. The van der Waals surface area contributed by atoms with Crippen LogP contribution in [-0.4, -0.2) is 53.4 Å². The van der Waals surface area contributed by atoms with Crippen LogP contribution in [0.2, 0.25) is 0 Å². The topological polar surface area (TPSA) is 102 Å². The third-order valence-electron chi connectivity index (χ3n) is 3.09. The van der Waals surface area contributed by atoms with Gasteiger partial charge in [0.05, 0.1) is 37.7 Å². The van der Waals surface area contributed by atoms with E-state index < -0.39 is 0 Å². The molecule has 0 fully saturated rings. The summed E-state index contributed by atoms with van der Waals surface area (Å²) in [4.78, 5) is 0. The summed E-state index contributed by atoms with van der Waals surface area (Å²) >= 11 is 0. The van der Waals surface area contributed by atoms with Gasteiger partial charge in [0.1, 0.15) is 11.4 Å². The lowest BCUT2D eigenvalue weighted by molar-refractivity contribution is 0.266. The molecule has 18 heavy (non-hydrogen) atoms. The van der Waals surface area contributed by atoms with E-state index in [2.05, 4.69) is 20.6 Å². The molecule has 2 aromatic heterocycles. The fourth-order valence-electron chi connectivity index (χ4n) is 2.30. The van der Waals surface area contributed by atoms with Crippen LogP contribution in [0.25, 0.3) is 11.4 Å². The van der Waals surface area contributed by atoms with E-state index in [9.17, 15) is 0 Å². The van der Waals surface area contributed by atoms with Gasteiger partial charge < -0.3 is 10.2 Å². The van der Waals surface area contributed by atoms with Gasteiger partial charge in [-0.2, -0.15) is 0 Å². The lowest BCUT2D eigenvalue weighted by Crippen LogP contribution is -2.14. The molecule has 1 aliphatic carbocycles. The van der Waals surface area contributed by atoms with Crippen LogP contribution in [0.3, 0.4) is 0 Å². The molecule has 2 aromatic rings. The van der Waals surface area contributed by atoms with E-state index in [1.807, 2.05) is 0 Å². The number of rotatable bonds is 4. The minimum Gasteiger partial charge on any atom is -0.394 e. The van der Waals surface area contributed by atoms with E-state index in [-0.39, 0.29) is 13.2 Å². The molecule has 0 atom stereocenters. The molecule has 1 aliphatic rings. The molecule has 2 heterocycles. The van der Waals surface area contributed by atoms with E-state index in [1.165, 1.54) is 0 Å². The Hall–Kier alpha value is -1.80. The molecule has 8 nitrogen and oxygen atoms in total. The van der Waals surface area contributed by atoms with Crippen molar-refractivity contribution in [1.82, 2.24) is 30.0 Å². The molecule has 0 bridgehead atoms. The van der Waals surface area contributed by atoms with Gasteiger partial charge in [-0.15, -0.1) is 10.2 Å². The molecule has 0 saturated heterocycles. The van der Waals surface area contributed by atoms with Crippen LogP contribution in [0.15, 0.2) is 0 Å². The average molecular weight is 250 g/mol. The predicted octanol–water partition coefficient (Wildman–Crippen LogP) is -1.38. The predicted molar refractivity (Wildman–Crippen MR) is 60.6 cm³/mol. The molecule has 0 spiro atoms. The first-order valence-corrected chi connectivity index (χ1v) is 5.92. The first-order chi connectivity index (χ1) is 8.85. The van der Waals surface area contributed by atoms with E-state index >= 15 is 0 Å². The summed E-state index contributed by atoms with van der Waals surface area (Å²) in [5, 5.41) is 34.3. The molecule has 0 aromatic carbocycles. The summed E-state index contributed by atoms with van der Waals surface area (Å²) in [7, 11) is 0. The van der Waals surface area contributed by atoms with E-state index in [0.717, 1.165) is 35.6 Å². The molecule has 0 radical (unpaired) electrons. The van der Waals surface area contributed by atoms with Gasteiger partial charge in [0.25, 0.3) is 0 Å². The van der Waals surface area contributed by atoms with Crippen molar-refractivity contribution in [3.05, 3.63) is 11.4 Å². The van der Waals surface area contributed by atoms with Crippen LogP contribution in [0.5, 0.6) is 0 Å². The van der Waals surface area contributed by atoms with Crippen molar-refractivity contribution in [1.29, 1.82) is 0 Å². The first-order valence-electron chi connectivity index (χ1n) is 5.92. The van der Waals surface area contributed by atoms with Crippen molar-refractivity contribution in [2.24, 2.45) is 0 Å². The summed E-state index contributed by atoms with van der Waals surface area (Å²) in [5.41, 5.74) is 3.50. The zero-order valence-corrected chi connectivity index (χ0v) is 9.82. The number of aromatic nitrogens is 6. The Morgan fingerprint density at radius 1 is 0.944 bits per heavy atom. The number of nitrogens with zero attached hydrogens (tertiary/aromatic N) is 6. The van der Waals surface area contributed by atoms with Crippen molar-refractivity contribution >= 4 is 0 Å². The van der Waals surface area contributed by atoms with Crippen LogP contribution in [0.4, 0.5) is 0 Å². The molecular weight excluding hydrogens is 236 g/mol. The summed E-state index contributed by atoms with van der Waals surface area (Å²) in [6.07, 6.45) is 1.58. The van der Waals surface area contributed by atoms with Crippen LogP contribution in [0, 0.1) is 0 Å². The highest BCUT2D eigenvalue weighted by molar-refractivity contribution is 5.62. The molecule has 96 valence electrons. The van der Waals surface area contributed by atoms with Gasteiger partial charge in [-0.05, 0) is 12.8 Å². The minimum absolute atomic E-state index is 0.00983. The SMILES string of the molecule is OCCn1nnc2c1CCc1nnn(CCO)c1-2. The van der Waals surface area contributed by atoms with Crippen LogP contribution in [0.1, 0.15) is 11.4 Å². The summed E-state index contributed by atoms with van der Waals surface area (Å²) in [6.45, 7) is 0.889. The molecule has 0 saturated carbocycles. The van der Waals surface area contributed by atoms with Crippen molar-refractivity contribution in [3.8, 4) is 11.4 Å². The first kappa shape index (κ1) is 11.3. The standard InChI is InChI=1S/C10H14N6O2/c17-5-3-15-8-2-1-7-10(9(8)12-14-15)16(4-6-18)13-11-7/h17-18H,1-6H2. The number of hydrogen-bond acceptors (Lipinski definition) is 6. The smallest absolute Gasteiger partial charge is 0.136 e. The monoisotopic (exact) mass is 250 g/mol. The lowest BCUT2D eigenvalue weighted by Gasteiger charge is -2.12. The van der Waals surface area contributed by atoms with Crippen LogP contribution >= 0.6 is 0 Å². The van der Waals surface area contributed by atoms with Crippen LogP contribution in [-0.2, 0) is 25.9 Å². The van der Waals surface area contributed by atoms with Gasteiger partial charge in [-0.3, -0.25) is 0 Å². The van der Waals surface area contributed by atoms with Gasteiger partial charge in [0.15, 0.2) is 0 Å². The van der Waals surface area contributed by atoms with Gasteiger partial charge in [0.2, 0.25) is 0 Å². The molecule has 3 rings (SSSR count). The molecule has 2 N–H and O–H groups in total. The molecular formula is C10H14N6O2. The van der Waals surface area contributed by atoms with Crippen molar-refractivity contribution in [2.75, 3.05) is 13.2 Å². The molecule has 0 aliphatic heterocycles. The Labute approximate surface area is 103 Å². The average Bonchev–Trinajstić information content (AvgIpc) is 2.95. The summed E-state index contributed by atoms with van der Waals surface area (Å²) < 4.78 is 3.37. The fourth-order valence-corrected chi connectivity index (χ4v) is 2.30. The van der Waals surface area contributed by atoms with Gasteiger partial charge in [-0.1, -0.05) is 10.4 Å². The normalized spacial score (nSPS) is 13.4. The van der Waals surface area contributed by atoms with E-state index in [4.69, 9.17) is 10.2 Å². The van der Waals surface area contributed by atoms with Crippen LogP contribution < -0.4 is 0 Å². The maximum absolute atomic E-state index is 9.01. The Bertz CT molecular complexity index is 561. The molecule has 8 heteroatoms. The number of hydrogen-bond donors (Lipinski definition) is 2. The van der Waals surface area contributed by atoms with Gasteiger partial charge in [0, 0.05) is 0 Å². The Morgan fingerprint density at radius 2 is 1.67 bits per heavy atom. The zero-order valence-electron chi connectivity index (χ0n) is 9.82. The summed E-state index contributed by atoms with van der Waals surface area (Å²) in [5.74, 6) is 0.